The molecule has 2 aromatic rings. The number of aryl methyl sites for hydroxylation is 1. The Morgan fingerprint density at radius 2 is 2.25 bits per heavy atom. The molecule has 9 heteroatoms. The third kappa shape index (κ3) is 2.78. The van der Waals surface area contributed by atoms with E-state index in [0.717, 1.165) is 16.8 Å². The predicted molar refractivity (Wildman–Crippen MR) is 96.5 cm³/mol. The Kier molecular flexibility index (Phi) is 3.97. The van der Waals surface area contributed by atoms with E-state index in [2.05, 4.69) is 21.9 Å². The van der Waals surface area contributed by atoms with Crippen molar-refractivity contribution in [1.82, 2.24) is 9.78 Å². The Bertz CT molecular complexity index is 887. The average molecular weight is 384 g/mol. The number of nitrogens with one attached hydrogen (secondary N) is 1. The molecule has 2 aliphatic rings. The Morgan fingerprint density at radius 1 is 1.42 bits per heavy atom. The summed E-state index contributed by atoms with van der Waals surface area (Å²) in [6.45, 7) is 1.93. The van der Waals surface area contributed by atoms with Gasteiger partial charge in [-0.2, -0.15) is 16.4 Å². The average Bonchev–Trinajstić information content (AvgIpc) is 3.20. The summed E-state index contributed by atoms with van der Waals surface area (Å²) < 4.78 is 25.4. The lowest BCUT2D eigenvalue weighted by molar-refractivity contribution is -0.113. The number of carbonyl (C=O) groups is 1. The highest BCUT2D eigenvalue weighted by atomic mass is 32.2. The number of thiophene rings is 1. The lowest BCUT2D eigenvalue weighted by Gasteiger charge is -2.15. The SMILES string of the molecule is Cc1nn([C@@H]2CCS(=O)(=O)C2)c2c1[C@@H](c1ccsc1)SCC(=O)N2. The summed E-state index contributed by atoms with van der Waals surface area (Å²) in [6, 6.07) is 1.86. The maximum absolute atomic E-state index is 12.2. The highest BCUT2D eigenvalue weighted by molar-refractivity contribution is 8.00. The monoisotopic (exact) mass is 383 g/mol. The first-order valence-electron chi connectivity index (χ1n) is 7.67. The molecule has 2 aliphatic heterocycles. The molecule has 24 heavy (non-hydrogen) atoms. The van der Waals surface area contributed by atoms with Crippen LogP contribution in [0, 0.1) is 6.92 Å². The van der Waals surface area contributed by atoms with Crippen LogP contribution in [0.5, 0.6) is 0 Å². The van der Waals surface area contributed by atoms with Crippen molar-refractivity contribution in [3.63, 3.8) is 0 Å². The first kappa shape index (κ1) is 16.2. The molecule has 1 fully saturated rings. The molecule has 6 nitrogen and oxygen atoms in total. The summed E-state index contributed by atoms with van der Waals surface area (Å²) in [6.07, 6.45) is 0.544. The minimum Gasteiger partial charge on any atom is -0.310 e. The molecule has 1 amide bonds. The number of sulfone groups is 1. The zero-order valence-corrected chi connectivity index (χ0v) is 15.5. The van der Waals surface area contributed by atoms with Crippen molar-refractivity contribution in [2.24, 2.45) is 0 Å². The molecule has 4 rings (SSSR count). The second kappa shape index (κ2) is 5.89. The van der Waals surface area contributed by atoms with Crippen molar-refractivity contribution in [2.75, 3.05) is 22.6 Å². The lowest BCUT2D eigenvalue weighted by atomic mass is 10.1. The van der Waals surface area contributed by atoms with Crippen LogP contribution in [0.25, 0.3) is 0 Å². The van der Waals surface area contributed by atoms with Crippen molar-refractivity contribution in [2.45, 2.75) is 24.6 Å². The third-order valence-electron chi connectivity index (χ3n) is 4.43. The third-order valence-corrected chi connectivity index (χ3v) is 8.15. The van der Waals surface area contributed by atoms with Gasteiger partial charge in [-0.1, -0.05) is 0 Å². The molecule has 4 heterocycles. The standard InChI is InChI=1S/C15H17N3O3S3/c1-9-13-14(10-2-4-22-6-10)23-7-12(19)16-15(13)18(17-9)11-3-5-24(20,21)8-11/h2,4,6,11,14H,3,5,7-8H2,1H3,(H,16,19)/t11-,14-/m1/s1. The zero-order valence-electron chi connectivity index (χ0n) is 13.1. The molecule has 2 atom stereocenters. The molecule has 0 bridgehead atoms. The highest BCUT2D eigenvalue weighted by Gasteiger charge is 2.36. The predicted octanol–water partition coefficient (Wildman–Crippen LogP) is 2.39. The van der Waals surface area contributed by atoms with Crippen LogP contribution in [-0.4, -0.2) is 41.4 Å². The van der Waals surface area contributed by atoms with Gasteiger partial charge in [0, 0.05) is 5.56 Å². The van der Waals surface area contributed by atoms with Gasteiger partial charge in [-0.15, -0.1) is 11.8 Å². The van der Waals surface area contributed by atoms with Gasteiger partial charge in [0.1, 0.15) is 5.82 Å². The molecule has 0 unspecified atom stereocenters. The van der Waals surface area contributed by atoms with Crippen LogP contribution in [0.4, 0.5) is 5.82 Å². The van der Waals surface area contributed by atoms with E-state index in [1.807, 2.05) is 12.3 Å². The molecule has 0 spiro atoms. The molecule has 1 saturated heterocycles. The number of hydrogen-bond donors (Lipinski definition) is 1. The van der Waals surface area contributed by atoms with Crippen molar-refractivity contribution >= 4 is 44.7 Å². The van der Waals surface area contributed by atoms with E-state index in [1.165, 1.54) is 0 Å². The van der Waals surface area contributed by atoms with Crippen molar-refractivity contribution in [3.8, 4) is 0 Å². The summed E-state index contributed by atoms with van der Waals surface area (Å²) in [5.41, 5.74) is 3.00. The van der Waals surface area contributed by atoms with Crippen LogP contribution in [0.3, 0.4) is 0 Å². The number of anilines is 1. The molecular weight excluding hydrogens is 366 g/mol. The second-order valence-corrected chi connectivity index (χ2v) is 10.2. The van der Waals surface area contributed by atoms with Crippen LogP contribution >= 0.6 is 23.1 Å². The summed E-state index contributed by atoms with van der Waals surface area (Å²) in [5.74, 6) is 1.24. The van der Waals surface area contributed by atoms with Gasteiger partial charge in [0.25, 0.3) is 0 Å². The molecule has 0 radical (unpaired) electrons. The Morgan fingerprint density at radius 3 is 2.92 bits per heavy atom. The van der Waals surface area contributed by atoms with E-state index in [-0.39, 0.29) is 28.7 Å². The largest absolute Gasteiger partial charge is 0.310 e. The fourth-order valence-electron chi connectivity index (χ4n) is 3.33. The Hall–Kier alpha value is -1.32. The van der Waals surface area contributed by atoms with Gasteiger partial charge in [0.15, 0.2) is 9.84 Å². The van der Waals surface area contributed by atoms with Crippen LogP contribution in [0.1, 0.15) is 34.5 Å². The fourth-order valence-corrected chi connectivity index (χ4v) is 6.97. The van der Waals surface area contributed by atoms with E-state index in [0.29, 0.717) is 18.0 Å². The van der Waals surface area contributed by atoms with Gasteiger partial charge in [0.2, 0.25) is 5.91 Å². The number of amides is 1. The molecule has 2 aromatic heterocycles. The minimum absolute atomic E-state index is 0.0389. The van der Waals surface area contributed by atoms with Crippen LogP contribution in [0.2, 0.25) is 0 Å². The van der Waals surface area contributed by atoms with Gasteiger partial charge < -0.3 is 5.32 Å². The molecule has 1 N–H and O–H groups in total. The van der Waals surface area contributed by atoms with Crippen molar-refractivity contribution in [3.05, 3.63) is 33.6 Å². The van der Waals surface area contributed by atoms with Crippen molar-refractivity contribution in [1.29, 1.82) is 0 Å². The molecule has 0 aromatic carbocycles. The van der Waals surface area contributed by atoms with Gasteiger partial charge in [-0.05, 0) is 35.7 Å². The zero-order chi connectivity index (χ0) is 16.9. The molecule has 128 valence electrons. The van der Waals surface area contributed by atoms with E-state index < -0.39 is 9.84 Å². The summed E-state index contributed by atoms with van der Waals surface area (Å²) >= 11 is 3.21. The number of aromatic nitrogens is 2. The van der Waals surface area contributed by atoms with E-state index >= 15 is 0 Å². The fraction of sp³-hybridized carbons (Fsp3) is 0.467. The van der Waals surface area contributed by atoms with Gasteiger partial charge in [0.05, 0.1) is 34.2 Å². The van der Waals surface area contributed by atoms with Gasteiger partial charge >= 0.3 is 0 Å². The smallest absolute Gasteiger partial charge is 0.235 e. The van der Waals surface area contributed by atoms with Crippen LogP contribution in [-0.2, 0) is 14.6 Å². The summed E-state index contributed by atoms with van der Waals surface area (Å²) in [5, 5.41) is 11.7. The molecule has 0 aliphatic carbocycles. The lowest BCUT2D eigenvalue weighted by Crippen LogP contribution is -2.20. The highest BCUT2D eigenvalue weighted by Crippen LogP contribution is 2.45. The van der Waals surface area contributed by atoms with Crippen LogP contribution in [0.15, 0.2) is 16.8 Å². The normalized spacial score (nSPS) is 26.0. The number of nitrogens with zero attached hydrogens (tertiary/aromatic N) is 2. The Labute approximate surface area is 148 Å². The summed E-state index contributed by atoms with van der Waals surface area (Å²) in [4.78, 5) is 12.2. The van der Waals surface area contributed by atoms with Crippen LogP contribution < -0.4 is 5.32 Å². The maximum Gasteiger partial charge on any atom is 0.235 e. The van der Waals surface area contributed by atoms with E-state index in [1.54, 1.807) is 27.8 Å². The van der Waals surface area contributed by atoms with Gasteiger partial charge in [-0.3, -0.25) is 4.79 Å². The summed E-state index contributed by atoms with van der Waals surface area (Å²) in [7, 11) is -3.02. The number of thioether (sulfide) groups is 1. The second-order valence-electron chi connectivity index (χ2n) is 6.15. The van der Waals surface area contributed by atoms with E-state index in [4.69, 9.17) is 0 Å². The molecular formula is C15H17N3O3S3. The quantitative estimate of drug-likeness (QED) is 0.861. The molecule has 0 saturated carbocycles. The maximum atomic E-state index is 12.2. The number of fused-ring (bicyclic) bond motifs is 1. The Balaban J connectivity index is 1.82. The number of hydrogen-bond acceptors (Lipinski definition) is 6. The topological polar surface area (TPSA) is 81.1 Å². The first-order chi connectivity index (χ1) is 11.4. The number of rotatable bonds is 2. The van der Waals surface area contributed by atoms with E-state index in [9.17, 15) is 13.2 Å². The number of carbonyl (C=O) groups excluding carboxylic acids is 1. The van der Waals surface area contributed by atoms with Gasteiger partial charge in [-0.25, -0.2) is 13.1 Å². The van der Waals surface area contributed by atoms with Crippen molar-refractivity contribution < 1.29 is 13.2 Å². The first-order valence-corrected chi connectivity index (χ1v) is 11.5. The minimum atomic E-state index is -3.02.